The van der Waals surface area contributed by atoms with Crippen LogP contribution in [-0.4, -0.2) is 34.1 Å². The Morgan fingerprint density at radius 2 is 1.94 bits per heavy atom. The Balaban J connectivity index is 1.93. The molecule has 1 amide bonds. The summed E-state index contributed by atoms with van der Waals surface area (Å²) < 4.78 is 0. The molecular formula is C14H17N3O. The van der Waals surface area contributed by atoms with Gasteiger partial charge < -0.3 is 4.90 Å². The smallest absolute Gasteiger partial charge is 0.256 e. The Hall–Kier alpha value is -1.84. The number of rotatable bonds is 1. The monoisotopic (exact) mass is 243 g/mol. The van der Waals surface area contributed by atoms with E-state index in [1.165, 1.54) is 12.8 Å². The largest absolute Gasteiger partial charge is 0.339 e. The molecule has 2 aromatic rings. The van der Waals surface area contributed by atoms with Crippen LogP contribution in [0.3, 0.4) is 0 Å². The molecule has 1 saturated heterocycles. The van der Waals surface area contributed by atoms with Crippen LogP contribution >= 0.6 is 0 Å². The van der Waals surface area contributed by atoms with Crippen LogP contribution in [0.5, 0.6) is 0 Å². The van der Waals surface area contributed by atoms with Gasteiger partial charge in [0.15, 0.2) is 0 Å². The highest BCUT2D eigenvalue weighted by molar-refractivity contribution is 6.05. The van der Waals surface area contributed by atoms with Crippen molar-refractivity contribution >= 4 is 16.8 Å². The number of hydrogen-bond acceptors (Lipinski definition) is 2. The van der Waals surface area contributed by atoms with E-state index in [0.717, 1.165) is 42.4 Å². The van der Waals surface area contributed by atoms with E-state index in [-0.39, 0.29) is 5.91 Å². The van der Waals surface area contributed by atoms with Gasteiger partial charge in [0.25, 0.3) is 5.91 Å². The molecule has 0 aliphatic carbocycles. The van der Waals surface area contributed by atoms with Gasteiger partial charge in [-0.25, -0.2) is 0 Å². The Morgan fingerprint density at radius 1 is 1.17 bits per heavy atom. The molecule has 1 aliphatic rings. The minimum Gasteiger partial charge on any atom is -0.339 e. The number of likely N-dealkylation sites (tertiary alicyclic amines) is 1. The van der Waals surface area contributed by atoms with Crippen LogP contribution in [-0.2, 0) is 0 Å². The lowest BCUT2D eigenvalue weighted by molar-refractivity contribution is 0.0763. The number of carbonyl (C=O) groups is 1. The van der Waals surface area contributed by atoms with Gasteiger partial charge in [-0.1, -0.05) is 25.0 Å². The predicted molar refractivity (Wildman–Crippen MR) is 70.5 cm³/mol. The second-order valence-corrected chi connectivity index (χ2v) is 4.85. The van der Waals surface area contributed by atoms with Crippen LogP contribution in [0.4, 0.5) is 0 Å². The zero-order valence-electron chi connectivity index (χ0n) is 10.4. The number of aromatic nitrogens is 2. The Morgan fingerprint density at radius 3 is 2.72 bits per heavy atom. The second-order valence-electron chi connectivity index (χ2n) is 4.85. The molecule has 4 nitrogen and oxygen atoms in total. The molecule has 0 bridgehead atoms. The normalized spacial score (nSPS) is 16.8. The first-order valence-corrected chi connectivity index (χ1v) is 6.57. The average Bonchev–Trinajstić information content (AvgIpc) is 2.71. The number of aromatic amines is 1. The fourth-order valence-electron chi connectivity index (χ4n) is 2.59. The van der Waals surface area contributed by atoms with Gasteiger partial charge in [0.05, 0.1) is 17.3 Å². The number of H-pyrrole nitrogens is 1. The van der Waals surface area contributed by atoms with Gasteiger partial charge in [0, 0.05) is 18.5 Å². The molecule has 0 atom stereocenters. The van der Waals surface area contributed by atoms with Crippen molar-refractivity contribution in [2.45, 2.75) is 25.7 Å². The Kier molecular flexibility index (Phi) is 3.00. The SMILES string of the molecule is O=C(c1cccc2cn[nH]c12)N1CCCCCC1. The Labute approximate surface area is 106 Å². The predicted octanol–water partition coefficient (Wildman–Crippen LogP) is 2.58. The van der Waals surface area contributed by atoms with Gasteiger partial charge in [0.1, 0.15) is 0 Å². The zero-order chi connectivity index (χ0) is 12.4. The lowest BCUT2D eigenvalue weighted by atomic mass is 10.1. The lowest BCUT2D eigenvalue weighted by Crippen LogP contribution is -2.31. The zero-order valence-corrected chi connectivity index (χ0v) is 10.4. The molecule has 0 spiro atoms. The number of benzene rings is 1. The van der Waals surface area contributed by atoms with Gasteiger partial charge in [-0.05, 0) is 18.9 Å². The average molecular weight is 243 g/mol. The van der Waals surface area contributed by atoms with Crippen molar-refractivity contribution in [3.8, 4) is 0 Å². The summed E-state index contributed by atoms with van der Waals surface area (Å²) in [7, 11) is 0. The van der Waals surface area contributed by atoms with Crippen molar-refractivity contribution < 1.29 is 4.79 Å². The third-order valence-corrected chi connectivity index (χ3v) is 3.60. The molecule has 18 heavy (non-hydrogen) atoms. The van der Waals surface area contributed by atoms with E-state index in [1.54, 1.807) is 6.20 Å². The number of nitrogens with one attached hydrogen (secondary N) is 1. The molecule has 1 aromatic carbocycles. The fourth-order valence-corrected chi connectivity index (χ4v) is 2.59. The molecule has 94 valence electrons. The summed E-state index contributed by atoms with van der Waals surface area (Å²) in [6.45, 7) is 1.76. The first kappa shape index (κ1) is 11.3. The quantitative estimate of drug-likeness (QED) is 0.836. The minimum absolute atomic E-state index is 0.131. The molecule has 0 saturated carbocycles. The number of carbonyl (C=O) groups excluding carboxylic acids is 1. The summed E-state index contributed by atoms with van der Waals surface area (Å²) in [4.78, 5) is 14.5. The van der Waals surface area contributed by atoms with E-state index >= 15 is 0 Å². The summed E-state index contributed by atoms with van der Waals surface area (Å²) in [6.07, 6.45) is 6.46. The lowest BCUT2D eigenvalue weighted by Gasteiger charge is -2.20. The second kappa shape index (κ2) is 4.80. The van der Waals surface area contributed by atoms with E-state index in [1.807, 2.05) is 23.1 Å². The fraction of sp³-hybridized carbons (Fsp3) is 0.429. The molecule has 1 fully saturated rings. The number of nitrogens with zero attached hydrogens (tertiary/aromatic N) is 2. The third kappa shape index (κ3) is 1.98. The van der Waals surface area contributed by atoms with E-state index in [9.17, 15) is 4.79 Å². The van der Waals surface area contributed by atoms with E-state index in [0.29, 0.717) is 0 Å². The number of hydrogen-bond donors (Lipinski definition) is 1. The molecule has 3 rings (SSSR count). The van der Waals surface area contributed by atoms with E-state index < -0.39 is 0 Å². The molecule has 4 heteroatoms. The topological polar surface area (TPSA) is 49.0 Å². The summed E-state index contributed by atoms with van der Waals surface area (Å²) >= 11 is 0. The van der Waals surface area contributed by atoms with Gasteiger partial charge >= 0.3 is 0 Å². The van der Waals surface area contributed by atoms with Crippen LogP contribution in [0.15, 0.2) is 24.4 Å². The van der Waals surface area contributed by atoms with Crippen molar-refractivity contribution in [2.24, 2.45) is 0 Å². The van der Waals surface area contributed by atoms with Crippen LogP contribution in [0.1, 0.15) is 36.0 Å². The van der Waals surface area contributed by atoms with Crippen LogP contribution in [0.25, 0.3) is 10.9 Å². The molecule has 1 N–H and O–H groups in total. The summed E-state index contributed by atoms with van der Waals surface area (Å²) in [5.41, 5.74) is 1.60. The van der Waals surface area contributed by atoms with Gasteiger partial charge in [-0.15, -0.1) is 0 Å². The first-order valence-electron chi connectivity index (χ1n) is 6.57. The highest BCUT2D eigenvalue weighted by Gasteiger charge is 2.19. The van der Waals surface area contributed by atoms with Crippen molar-refractivity contribution in [3.05, 3.63) is 30.0 Å². The standard InChI is InChI=1S/C14H17N3O/c18-14(17-8-3-1-2-4-9-17)12-7-5-6-11-10-15-16-13(11)12/h5-7,10H,1-4,8-9H2,(H,15,16). The van der Waals surface area contributed by atoms with Crippen LogP contribution in [0, 0.1) is 0 Å². The number of fused-ring (bicyclic) bond motifs is 1. The van der Waals surface area contributed by atoms with Crippen LogP contribution < -0.4 is 0 Å². The molecule has 1 aromatic heterocycles. The molecule has 0 radical (unpaired) electrons. The van der Waals surface area contributed by atoms with Crippen molar-refractivity contribution in [1.82, 2.24) is 15.1 Å². The molecule has 2 heterocycles. The molecular weight excluding hydrogens is 226 g/mol. The summed E-state index contributed by atoms with van der Waals surface area (Å²) in [6, 6.07) is 5.77. The molecule has 0 unspecified atom stereocenters. The number of para-hydroxylation sites is 1. The Bertz CT molecular complexity index is 553. The maximum atomic E-state index is 12.5. The summed E-state index contributed by atoms with van der Waals surface area (Å²) in [5, 5.41) is 7.93. The minimum atomic E-state index is 0.131. The van der Waals surface area contributed by atoms with E-state index in [2.05, 4.69) is 10.2 Å². The first-order chi connectivity index (χ1) is 8.86. The highest BCUT2D eigenvalue weighted by Crippen LogP contribution is 2.19. The highest BCUT2D eigenvalue weighted by atomic mass is 16.2. The van der Waals surface area contributed by atoms with Crippen molar-refractivity contribution in [2.75, 3.05) is 13.1 Å². The van der Waals surface area contributed by atoms with Gasteiger partial charge in [-0.2, -0.15) is 5.10 Å². The summed E-state index contributed by atoms with van der Waals surface area (Å²) in [5.74, 6) is 0.131. The van der Waals surface area contributed by atoms with Crippen molar-refractivity contribution in [1.29, 1.82) is 0 Å². The number of amides is 1. The van der Waals surface area contributed by atoms with E-state index in [4.69, 9.17) is 0 Å². The third-order valence-electron chi connectivity index (χ3n) is 3.60. The maximum absolute atomic E-state index is 12.5. The van der Waals surface area contributed by atoms with Crippen LogP contribution in [0.2, 0.25) is 0 Å². The molecule has 1 aliphatic heterocycles. The van der Waals surface area contributed by atoms with Gasteiger partial charge in [0.2, 0.25) is 0 Å². The maximum Gasteiger partial charge on any atom is 0.256 e. The van der Waals surface area contributed by atoms with Crippen molar-refractivity contribution in [3.63, 3.8) is 0 Å². The van der Waals surface area contributed by atoms with Gasteiger partial charge in [-0.3, -0.25) is 9.89 Å².